The molecule has 0 radical (unpaired) electrons. The zero-order valence-corrected chi connectivity index (χ0v) is 23.3. The highest BCUT2D eigenvalue weighted by atomic mass is 19.4. The molecule has 14 heteroatoms. The van der Waals surface area contributed by atoms with Crippen LogP contribution in [0, 0.1) is 24.6 Å². The van der Waals surface area contributed by atoms with Gasteiger partial charge in [-0.05, 0) is 60.4 Å². The van der Waals surface area contributed by atoms with Crippen molar-refractivity contribution >= 4 is 17.7 Å². The summed E-state index contributed by atoms with van der Waals surface area (Å²) in [5.74, 6) is -3.76. The fourth-order valence-electron chi connectivity index (χ4n) is 5.76. The average molecular weight is 618 g/mol. The SMILES string of the molecule is Cc1cc(F)ccc1C1CN(C(=O)C2CN(C(=O)CO)C2)CCC1C(=O)N(C)Cc1cc(C(F)(F)F)cc(C(F)(F)F)c1. The van der Waals surface area contributed by atoms with Gasteiger partial charge in [-0.3, -0.25) is 14.4 Å². The standard InChI is InChI=1S/C29H30F7N3O4/c1-16-7-21(30)3-4-22(16)24-14-38(26(42)18-12-39(13-18)25(41)15-40)6-5-23(24)27(43)37(2)11-17-8-19(28(31,32)33)10-20(9-17)29(34,35)36/h3-4,7-10,18,23-24,40H,5-6,11-15H2,1-2H3. The summed E-state index contributed by atoms with van der Waals surface area (Å²) in [5, 5.41) is 9.02. The molecular formula is C29H30F7N3O4. The molecule has 0 aliphatic carbocycles. The van der Waals surface area contributed by atoms with Crippen molar-refractivity contribution in [3.05, 3.63) is 70.0 Å². The first-order valence-electron chi connectivity index (χ1n) is 13.5. The van der Waals surface area contributed by atoms with Crippen LogP contribution in [0.15, 0.2) is 36.4 Å². The summed E-state index contributed by atoms with van der Waals surface area (Å²) >= 11 is 0. The van der Waals surface area contributed by atoms with E-state index in [1.165, 1.54) is 30.1 Å². The van der Waals surface area contributed by atoms with Crippen LogP contribution in [0.25, 0.3) is 0 Å². The van der Waals surface area contributed by atoms with Crippen LogP contribution < -0.4 is 0 Å². The Hall–Kier alpha value is -3.68. The van der Waals surface area contributed by atoms with Crippen molar-refractivity contribution in [2.45, 2.75) is 38.2 Å². The minimum absolute atomic E-state index is 0.0203. The highest BCUT2D eigenvalue weighted by Crippen LogP contribution is 2.39. The Kier molecular flexibility index (Phi) is 9.10. The molecule has 234 valence electrons. The molecule has 2 aromatic rings. The van der Waals surface area contributed by atoms with Crippen molar-refractivity contribution in [2.24, 2.45) is 11.8 Å². The molecule has 3 amide bonds. The van der Waals surface area contributed by atoms with Gasteiger partial charge in [-0.25, -0.2) is 4.39 Å². The number of aliphatic hydroxyl groups is 1. The number of hydrogen-bond acceptors (Lipinski definition) is 4. The molecule has 0 aromatic heterocycles. The number of halogens is 7. The van der Waals surface area contributed by atoms with Crippen LogP contribution in [0.4, 0.5) is 30.7 Å². The van der Waals surface area contributed by atoms with Crippen molar-refractivity contribution in [1.82, 2.24) is 14.7 Å². The molecule has 2 unspecified atom stereocenters. The van der Waals surface area contributed by atoms with Crippen LogP contribution in [0.1, 0.15) is 40.2 Å². The van der Waals surface area contributed by atoms with E-state index in [0.29, 0.717) is 23.3 Å². The van der Waals surface area contributed by atoms with Crippen LogP contribution in [-0.2, 0) is 33.3 Å². The van der Waals surface area contributed by atoms with E-state index in [1.54, 1.807) is 11.8 Å². The second-order valence-corrected chi connectivity index (χ2v) is 11.0. The van der Waals surface area contributed by atoms with Crippen LogP contribution in [0.5, 0.6) is 0 Å². The number of alkyl halides is 6. The first kappa shape index (κ1) is 32.2. The molecule has 4 rings (SSSR count). The summed E-state index contributed by atoms with van der Waals surface area (Å²) in [6, 6.07) is 5.15. The minimum atomic E-state index is -5.04. The normalized spacial score (nSPS) is 19.7. The number of carbonyl (C=O) groups excluding carboxylic acids is 3. The van der Waals surface area contributed by atoms with Crippen molar-refractivity contribution in [3.63, 3.8) is 0 Å². The van der Waals surface area contributed by atoms with Gasteiger partial charge in [0.2, 0.25) is 17.7 Å². The number of nitrogens with zero attached hydrogens (tertiary/aromatic N) is 3. The Labute approximate surface area is 242 Å². The van der Waals surface area contributed by atoms with Crippen LogP contribution in [0.3, 0.4) is 0 Å². The molecule has 2 fully saturated rings. The summed E-state index contributed by atoms with van der Waals surface area (Å²) in [5.41, 5.74) is -2.24. The molecule has 0 spiro atoms. The molecule has 1 N–H and O–H groups in total. The molecular weight excluding hydrogens is 587 g/mol. The number of carbonyl (C=O) groups is 3. The molecule has 2 atom stereocenters. The maximum absolute atomic E-state index is 13.9. The highest BCUT2D eigenvalue weighted by molar-refractivity contribution is 5.86. The fourth-order valence-corrected chi connectivity index (χ4v) is 5.76. The fraction of sp³-hybridized carbons (Fsp3) is 0.483. The van der Waals surface area contributed by atoms with Crippen molar-refractivity contribution < 1.29 is 50.2 Å². The maximum Gasteiger partial charge on any atom is 0.416 e. The number of rotatable bonds is 6. The lowest BCUT2D eigenvalue weighted by Crippen LogP contribution is -2.58. The van der Waals surface area contributed by atoms with Gasteiger partial charge in [0.05, 0.1) is 17.0 Å². The van der Waals surface area contributed by atoms with Crippen LogP contribution in [0.2, 0.25) is 0 Å². The summed E-state index contributed by atoms with van der Waals surface area (Å²) in [6.07, 6.45) is -9.93. The van der Waals surface area contributed by atoms with Gasteiger partial charge < -0.3 is 19.8 Å². The van der Waals surface area contributed by atoms with Gasteiger partial charge in [-0.15, -0.1) is 0 Å². The van der Waals surface area contributed by atoms with Gasteiger partial charge in [-0.1, -0.05) is 6.07 Å². The predicted molar refractivity (Wildman–Crippen MR) is 139 cm³/mol. The van der Waals surface area contributed by atoms with Gasteiger partial charge >= 0.3 is 12.4 Å². The lowest BCUT2D eigenvalue weighted by atomic mass is 9.77. The van der Waals surface area contributed by atoms with E-state index < -0.39 is 72.0 Å². The molecule has 43 heavy (non-hydrogen) atoms. The van der Waals surface area contributed by atoms with Gasteiger partial charge in [0.25, 0.3) is 0 Å². The monoisotopic (exact) mass is 617 g/mol. The number of aliphatic hydroxyl groups excluding tert-OH is 1. The Bertz CT molecular complexity index is 1360. The number of hydrogen-bond donors (Lipinski definition) is 1. The first-order chi connectivity index (χ1) is 20.0. The van der Waals surface area contributed by atoms with E-state index >= 15 is 0 Å². The summed E-state index contributed by atoms with van der Waals surface area (Å²) in [6.45, 7) is 0.903. The Morgan fingerprint density at radius 1 is 0.930 bits per heavy atom. The van der Waals surface area contributed by atoms with Crippen molar-refractivity contribution in [3.8, 4) is 0 Å². The molecule has 2 saturated heterocycles. The third-order valence-electron chi connectivity index (χ3n) is 8.04. The van der Waals surface area contributed by atoms with E-state index in [2.05, 4.69) is 0 Å². The molecule has 7 nitrogen and oxygen atoms in total. The lowest BCUT2D eigenvalue weighted by molar-refractivity contribution is -0.153. The molecule has 2 heterocycles. The van der Waals surface area contributed by atoms with Gasteiger partial charge in [0.1, 0.15) is 12.4 Å². The summed E-state index contributed by atoms with van der Waals surface area (Å²) in [7, 11) is 1.28. The summed E-state index contributed by atoms with van der Waals surface area (Å²) < 4.78 is 94.1. The molecule has 0 saturated carbocycles. The maximum atomic E-state index is 13.9. The van der Waals surface area contributed by atoms with E-state index in [9.17, 15) is 45.1 Å². The second kappa shape index (κ2) is 12.1. The van der Waals surface area contributed by atoms with Crippen LogP contribution >= 0.6 is 0 Å². The second-order valence-electron chi connectivity index (χ2n) is 11.0. The molecule has 2 aliphatic rings. The minimum Gasteiger partial charge on any atom is -0.387 e. The first-order valence-corrected chi connectivity index (χ1v) is 13.5. The van der Waals surface area contributed by atoms with Gasteiger partial charge in [0.15, 0.2) is 0 Å². The Balaban J connectivity index is 1.57. The zero-order chi connectivity index (χ0) is 31.9. The van der Waals surface area contributed by atoms with Crippen molar-refractivity contribution in [1.29, 1.82) is 0 Å². The van der Waals surface area contributed by atoms with Crippen molar-refractivity contribution in [2.75, 3.05) is 39.8 Å². The topological polar surface area (TPSA) is 81.2 Å². The Morgan fingerprint density at radius 2 is 1.53 bits per heavy atom. The number of amides is 3. The number of likely N-dealkylation sites (tertiary alicyclic amines) is 2. The van der Waals surface area contributed by atoms with E-state index in [-0.39, 0.29) is 50.1 Å². The third kappa shape index (κ3) is 7.11. The average Bonchev–Trinajstić information content (AvgIpc) is 2.90. The molecule has 2 aliphatic heterocycles. The number of piperidine rings is 1. The van der Waals surface area contributed by atoms with Gasteiger partial charge in [-0.2, -0.15) is 26.3 Å². The van der Waals surface area contributed by atoms with E-state index in [1.807, 2.05) is 0 Å². The zero-order valence-electron chi connectivity index (χ0n) is 23.3. The highest BCUT2D eigenvalue weighted by Gasteiger charge is 2.43. The third-order valence-corrected chi connectivity index (χ3v) is 8.04. The predicted octanol–water partition coefficient (Wildman–Crippen LogP) is 4.21. The van der Waals surface area contributed by atoms with E-state index in [4.69, 9.17) is 5.11 Å². The summed E-state index contributed by atoms with van der Waals surface area (Å²) in [4.78, 5) is 42.5. The number of aryl methyl sites for hydroxylation is 1. The van der Waals surface area contributed by atoms with Gasteiger partial charge in [0, 0.05) is 51.6 Å². The quantitative estimate of drug-likeness (QED) is 0.493. The molecule has 2 aromatic carbocycles. The van der Waals surface area contributed by atoms with Crippen LogP contribution in [-0.4, -0.2) is 77.4 Å². The Morgan fingerprint density at radius 3 is 2.07 bits per heavy atom. The number of benzene rings is 2. The molecule has 0 bridgehead atoms. The largest absolute Gasteiger partial charge is 0.416 e. The smallest absolute Gasteiger partial charge is 0.387 e. The van der Waals surface area contributed by atoms with E-state index in [0.717, 1.165) is 4.90 Å². The lowest BCUT2D eigenvalue weighted by Gasteiger charge is -2.44.